The minimum atomic E-state index is -1.22. The van der Waals surface area contributed by atoms with Crippen LogP contribution in [0.2, 0.25) is 0 Å². The summed E-state index contributed by atoms with van der Waals surface area (Å²) in [4.78, 5) is 52.2. The first-order chi connectivity index (χ1) is 19.5. The Morgan fingerprint density at radius 3 is 2.27 bits per heavy atom. The van der Waals surface area contributed by atoms with Crippen LogP contribution in [0.4, 0.5) is 4.79 Å². The van der Waals surface area contributed by atoms with Crippen molar-refractivity contribution in [2.24, 2.45) is 5.92 Å². The Kier molecular flexibility index (Phi) is 9.52. The van der Waals surface area contributed by atoms with Gasteiger partial charge in [0.2, 0.25) is 11.8 Å². The van der Waals surface area contributed by atoms with Gasteiger partial charge in [-0.1, -0.05) is 43.5 Å². The van der Waals surface area contributed by atoms with Crippen molar-refractivity contribution in [2.45, 2.75) is 89.4 Å². The maximum atomic E-state index is 13.7. The maximum absolute atomic E-state index is 13.7. The molecule has 1 aliphatic carbocycles. The SMILES string of the molecule is CC(C)(C)OC(=O)N[C@H]1Cc2ccc(cc2)Oc2cccc(c2)C[C@@H](C(=O)O)NC(=O)[C@H](C2CCCCC2)NC1=O. The summed E-state index contributed by atoms with van der Waals surface area (Å²) >= 11 is 0. The Morgan fingerprint density at radius 2 is 1.61 bits per heavy atom. The van der Waals surface area contributed by atoms with Crippen molar-refractivity contribution in [1.82, 2.24) is 16.0 Å². The highest BCUT2D eigenvalue weighted by Gasteiger charge is 2.36. The van der Waals surface area contributed by atoms with Crippen LogP contribution in [0.25, 0.3) is 0 Å². The molecule has 41 heavy (non-hydrogen) atoms. The summed E-state index contributed by atoms with van der Waals surface area (Å²) in [5.41, 5.74) is 0.663. The highest BCUT2D eigenvalue weighted by Crippen LogP contribution is 2.28. The van der Waals surface area contributed by atoms with Gasteiger partial charge in [0.05, 0.1) is 0 Å². The predicted octanol–water partition coefficient (Wildman–Crippen LogP) is 4.11. The number of amides is 3. The van der Waals surface area contributed by atoms with Gasteiger partial charge in [-0.3, -0.25) is 9.59 Å². The molecule has 220 valence electrons. The van der Waals surface area contributed by atoms with E-state index >= 15 is 0 Å². The van der Waals surface area contributed by atoms with E-state index in [9.17, 15) is 24.3 Å². The van der Waals surface area contributed by atoms with E-state index in [1.807, 2.05) is 0 Å². The fraction of sp³-hybridized carbons (Fsp3) is 0.484. The number of benzene rings is 2. The molecular formula is C31H39N3O7. The molecule has 10 nitrogen and oxygen atoms in total. The third-order valence-corrected chi connectivity index (χ3v) is 7.26. The van der Waals surface area contributed by atoms with E-state index in [2.05, 4.69) is 16.0 Å². The molecule has 0 radical (unpaired) electrons. The largest absolute Gasteiger partial charge is 0.480 e. The lowest BCUT2D eigenvalue weighted by atomic mass is 9.83. The molecule has 0 saturated heterocycles. The standard InChI is InChI=1S/C31H39N3O7/c1-31(2,3)41-30(39)33-24-17-19-12-14-22(15-13-19)40-23-11-7-8-20(16-23)18-25(29(37)38)32-28(36)26(34-27(24)35)21-9-5-4-6-10-21/h7-8,11-16,21,24-26H,4-6,9-10,17-18H2,1-3H3,(H,32,36)(H,33,39)(H,34,35)(H,37,38)/t24-,25-,26-/m0/s1. The number of nitrogens with one attached hydrogen (secondary N) is 3. The van der Waals surface area contributed by atoms with Crippen molar-refractivity contribution in [1.29, 1.82) is 0 Å². The van der Waals surface area contributed by atoms with Crippen LogP contribution < -0.4 is 20.7 Å². The lowest BCUT2D eigenvalue weighted by Gasteiger charge is -2.32. The third kappa shape index (κ3) is 8.70. The van der Waals surface area contributed by atoms with Gasteiger partial charge < -0.3 is 30.5 Å². The Bertz CT molecular complexity index is 1250. The molecule has 3 amide bonds. The van der Waals surface area contributed by atoms with Crippen molar-refractivity contribution < 1.29 is 33.8 Å². The first kappa shape index (κ1) is 29.9. The monoisotopic (exact) mass is 565 g/mol. The number of rotatable bonds is 3. The molecule has 2 heterocycles. The summed E-state index contributed by atoms with van der Waals surface area (Å²) < 4.78 is 11.4. The summed E-state index contributed by atoms with van der Waals surface area (Å²) in [7, 11) is 0. The van der Waals surface area contributed by atoms with Crippen LogP contribution in [0.1, 0.15) is 64.0 Å². The summed E-state index contributed by atoms with van der Waals surface area (Å²) in [5.74, 6) is -1.38. The maximum Gasteiger partial charge on any atom is 0.408 e. The molecule has 3 aliphatic rings. The van der Waals surface area contributed by atoms with Gasteiger partial charge in [-0.25, -0.2) is 9.59 Å². The molecule has 0 aromatic heterocycles. The second-order valence-electron chi connectivity index (χ2n) is 11.8. The average molecular weight is 566 g/mol. The number of hydrogen-bond donors (Lipinski definition) is 4. The van der Waals surface area contributed by atoms with Crippen molar-refractivity contribution in [3.63, 3.8) is 0 Å². The minimum absolute atomic E-state index is 0.0331. The van der Waals surface area contributed by atoms with Crippen LogP contribution in [-0.4, -0.2) is 52.7 Å². The molecule has 4 bridgehead atoms. The van der Waals surface area contributed by atoms with Crippen LogP contribution in [-0.2, 0) is 32.0 Å². The van der Waals surface area contributed by atoms with E-state index in [0.717, 1.165) is 37.7 Å². The molecule has 2 aromatic carbocycles. The quantitative estimate of drug-likeness (QED) is 0.439. The Labute approximate surface area is 240 Å². The number of hydrogen-bond acceptors (Lipinski definition) is 6. The highest BCUT2D eigenvalue weighted by molar-refractivity contribution is 5.93. The van der Waals surface area contributed by atoms with Crippen molar-refractivity contribution >= 4 is 23.9 Å². The van der Waals surface area contributed by atoms with Gasteiger partial charge in [0, 0.05) is 12.8 Å². The van der Waals surface area contributed by atoms with Gasteiger partial charge in [-0.05, 0) is 74.9 Å². The first-order valence-corrected chi connectivity index (χ1v) is 14.2. The van der Waals surface area contributed by atoms with Gasteiger partial charge in [0.15, 0.2) is 0 Å². The van der Waals surface area contributed by atoms with Gasteiger partial charge >= 0.3 is 12.1 Å². The van der Waals surface area contributed by atoms with E-state index < -0.39 is 47.6 Å². The number of fused-ring (bicyclic) bond motifs is 10. The first-order valence-electron chi connectivity index (χ1n) is 14.2. The summed E-state index contributed by atoms with van der Waals surface area (Å²) in [6.45, 7) is 5.18. The number of carbonyl (C=O) groups excluding carboxylic acids is 3. The number of carbonyl (C=O) groups is 4. The van der Waals surface area contributed by atoms with Crippen LogP contribution in [0, 0.1) is 5.92 Å². The molecule has 10 heteroatoms. The molecule has 1 saturated carbocycles. The zero-order valence-electron chi connectivity index (χ0n) is 23.8. The molecule has 0 unspecified atom stereocenters. The summed E-state index contributed by atoms with van der Waals surface area (Å²) in [6.07, 6.45) is 3.71. The lowest BCUT2D eigenvalue weighted by Crippen LogP contribution is -2.59. The topological polar surface area (TPSA) is 143 Å². The van der Waals surface area contributed by atoms with Crippen LogP contribution in [0.3, 0.4) is 0 Å². The zero-order chi connectivity index (χ0) is 29.6. The van der Waals surface area contributed by atoms with Gasteiger partial charge in [-0.2, -0.15) is 0 Å². The molecule has 5 rings (SSSR count). The van der Waals surface area contributed by atoms with E-state index in [1.165, 1.54) is 0 Å². The van der Waals surface area contributed by atoms with Gasteiger partial charge in [0.25, 0.3) is 0 Å². The van der Waals surface area contributed by atoms with E-state index in [1.54, 1.807) is 69.3 Å². The number of ether oxygens (including phenoxy) is 2. The van der Waals surface area contributed by atoms with E-state index in [4.69, 9.17) is 9.47 Å². The number of carboxylic acids is 1. The normalized spacial score (nSPS) is 22.5. The van der Waals surface area contributed by atoms with Crippen molar-refractivity contribution in [2.75, 3.05) is 0 Å². The number of aliphatic carboxylic acids is 1. The smallest absolute Gasteiger partial charge is 0.408 e. The van der Waals surface area contributed by atoms with E-state index in [0.29, 0.717) is 17.1 Å². The summed E-state index contributed by atoms with van der Waals surface area (Å²) in [6, 6.07) is 11.0. The van der Waals surface area contributed by atoms with Gasteiger partial charge in [-0.15, -0.1) is 0 Å². The fourth-order valence-electron chi connectivity index (χ4n) is 5.28. The number of alkyl carbamates (subject to hydrolysis) is 1. The van der Waals surface area contributed by atoms with Crippen LogP contribution in [0.15, 0.2) is 48.5 Å². The molecule has 4 N–H and O–H groups in total. The molecule has 1 fully saturated rings. The average Bonchev–Trinajstić information content (AvgIpc) is 2.91. The Hall–Kier alpha value is -4.08. The number of carboxylic acid groups (broad SMARTS) is 1. The van der Waals surface area contributed by atoms with Gasteiger partial charge in [0.1, 0.15) is 35.2 Å². The Morgan fingerprint density at radius 1 is 0.902 bits per heavy atom. The zero-order valence-corrected chi connectivity index (χ0v) is 23.8. The molecule has 2 aliphatic heterocycles. The molecule has 3 atom stereocenters. The lowest BCUT2D eigenvalue weighted by molar-refractivity contribution is -0.142. The van der Waals surface area contributed by atoms with Crippen molar-refractivity contribution in [3.05, 3.63) is 59.7 Å². The predicted molar refractivity (Wildman–Crippen MR) is 152 cm³/mol. The minimum Gasteiger partial charge on any atom is -0.480 e. The third-order valence-electron chi connectivity index (χ3n) is 7.26. The van der Waals surface area contributed by atoms with E-state index in [-0.39, 0.29) is 18.8 Å². The Balaban J connectivity index is 1.70. The molecular weight excluding hydrogens is 526 g/mol. The summed E-state index contributed by atoms with van der Waals surface area (Å²) in [5, 5.41) is 18.2. The molecule has 2 aromatic rings. The van der Waals surface area contributed by atoms with Crippen molar-refractivity contribution in [3.8, 4) is 11.5 Å². The molecule has 0 spiro atoms. The second-order valence-corrected chi connectivity index (χ2v) is 11.8. The van der Waals surface area contributed by atoms with Crippen LogP contribution >= 0.6 is 0 Å². The van der Waals surface area contributed by atoms with Crippen LogP contribution in [0.5, 0.6) is 11.5 Å². The highest BCUT2D eigenvalue weighted by atomic mass is 16.6. The fourth-order valence-corrected chi connectivity index (χ4v) is 5.28. The second kappa shape index (κ2) is 13.1.